The molecule has 1 rings (SSSR count). The minimum atomic E-state index is -0.959. The van der Waals surface area contributed by atoms with Crippen LogP contribution in [0, 0.1) is 0 Å². The average Bonchev–Trinajstić information content (AvgIpc) is 2.77. The van der Waals surface area contributed by atoms with E-state index in [9.17, 15) is 9.59 Å². The molecule has 6 nitrogen and oxygen atoms in total. The van der Waals surface area contributed by atoms with Gasteiger partial charge in [-0.25, -0.2) is 9.59 Å². The lowest BCUT2D eigenvalue weighted by atomic mass is 10.2. The van der Waals surface area contributed by atoms with Crippen molar-refractivity contribution in [2.75, 3.05) is 24.8 Å². The molecule has 7 heteroatoms. The van der Waals surface area contributed by atoms with Crippen LogP contribution in [0.25, 0.3) is 0 Å². The van der Waals surface area contributed by atoms with Gasteiger partial charge in [-0.1, -0.05) is 0 Å². The molecule has 2 N–H and O–H groups in total. The van der Waals surface area contributed by atoms with Gasteiger partial charge in [-0.2, -0.15) is 0 Å². The van der Waals surface area contributed by atoms with Gasteiger partial charge >= 0.3 is 12.0 Å². The number of amides is 2. The molecule has 1 heterocycles. The van der Waals surface area contributed by atoms with Crippen LogP contribution in [0.5, 0.6) is 0 Å². The molecule has 1 saturated heterocycles. The van der Waals surface area contributed by atoms with Crippen LogP contribution in [0.1, 0.15) is 20.3 Å². The molecule has 1 atom stereocenters. The van der Waals surface area contributed by atoms with Gasteiger partial charge in [0, 0.05) is 24.9 Å². The van der Waals surface area contributed by atoms with Crippen LogP contribution in [-0.4, -0.2) is 68.9 Å². The number of aliphatic carboxylic acids is 1. The molecule has 0 radical (unpaired) electrons. The summed E-state index contributed by atoms with van der Waals surface area (Å²) < 4.78 is 0. The Bertz CT molecular complexity index is 311. The molecule has 1 aliphatic heterocycles. The van der Waals surface area contributed by atoms with Crippen LogP contribution < -0.4 is 0 Å². The van der Waals surface area contributed by atoms with Crippen molar-refractivity contribution in [1.29, 1.82) is 0 Å². The summed E-state index contributed by atoms with van der Waals surface area (Å²) in [5, 5.41) is 17.9. The van der Waals surface area contributed by atoms with Crippen LogP contribution in [0.2, 0.25) is 0 Å². The van der Waals surface area contributed by atoms with E-state index in [1.165, 1.54) is 16.7 Å². The molecule has 1 aliphatic rings. The zero-order chi connectivity index (χ0) is 13.7. The SMILES string of the molecule is CC(C)N(CCCO)C(=O)N1CSC[C@H]1C(=O)O. The number of aliphatic hydroxyl groups excluding tert-OH is 1. The number of carbonyl (C=O) groups is 2. The van der Waals surface area contributed by atoms with E-state index < -0.39 is 12.0 Å². The minimum Gasteiger partial charge on any atom is -0.480 e. The first kappa shape index (κ1) is 15.1. The van der Waals surface area contributed by atoms with Crippen LogP contribution >= 0.6 is 11.8 Å². The summed E-state index contributed by atoms with van der Waals surface area (Å²) in [7, 11) is 0. The summed E-state index contributed by atoms with van der Waals surface area (Å²) in [4.78, 5) is 26.4. The van der Waals surface area contributed by atoms with Gasteiger partial charge in [0.05, 0.1) is 5.88 Å². The Hall–Kier alpha value is -0.950. The quantitative estimate of drug-likeness (QED) is 0.771. The fourth-order valence-electron chi connectivity index (χ4n) is 1.82. The molecule has 0 aromatic rings. The van der Waals surface area contributed by atoms with Crippen LogP contribution in [0.3, 0.4) is 0 Å². The maximum absolute atomic E-state index is 12.3. The molecule has 0 aromatic heterocycles. The number of carboxylic acid groups (broad SMARTS) is 1. The largest absolute Gasteiger partial charge is 0.480 e. The molecule has 2 amide bonds. The normalized spacial score (nSPS) is 19.3. The van der Waals surface area contributed by atoms with Gasteiger partial charge in [0.1, 0.15) is 6.04 Å². The third-order valence-electron chi connectivity index (χ3n) is 2.84. The number of thioether (sulfide) groups is 1. The average molecular weight is 276 g/mol. The predicted octanol–water partition coefficient (Wildman–Crippen LogP) is 0.659. The van der Waals surface area contributed by atoms with Gasteiger partial charge in [0.15, 0.2) is 0 Å². The zero-order valence-electron chi connectivity index (χ0n) is 10.7. The van der Waals surface area contributed by atoms with E-state index in [-0.39, 0.29) is 18.7 Å². The van der Waals surface area contributed by atoms with Gasteiger partial charge < -0.3 is 20.0 Å². The first-order valence-corrected chi connectivity index (χ1v) is 7.13. The van der Waals surface area contributed by atoms with Crippen molar-refractivity contribution in [2.45, 2.75) is 32.4 Å². The van der Waals surface area contributed by atoms with E-state index in [1.54, 1.807) is 4.90 Å². The van der Waals surface area contributed by atoms with Crippen molar-refractivity contribution in [3.05, 3.63) is 0 Å². The highest BCUT2D eigenvalue weighted by molar-refractivity contribution is 7.99. The lowest BCUT2D eigenvalue weighted by Crippen LogP contribution is -2.51. The summed E-state index contributed by atoms with van der Waals surface area (Å²) in [5.41, 5.74) is 0. The van der Waals surface area contributed by atoms with E-state index in [2.05, 4.69) is 0 Å². The number of carboxylic acids is 1. The third-order valence-corrected chi connectivity index (χ3v) is 3.85. The Morgan fingerprint density at radius 3 is 2.67 bits per heavy atom. The number of hydrogen-bond acceptors (Lipinski definition) is 4. The number of urea groups is 1. The highest BCUT2D eigenvalue weighted by Gasteiger charge is 2.37. The van der Waals surface area contributed by atoms with Gasteiger partial charge in [-0.05, 0) is 20.3 Å². The van der Waals surface area contributed by atoms with Gasteiger partial charge in [0.2, 0.25) is 0 Å². The number of aliphatic hydroxyl groups is 1. The fourth-order valence-corrected chi connectivity index (χ4v) is 2.95. The molecule has 1 fully saturated rings. The standard InChI is InChI=1S/C11H20N2O4S/c1-8(2)12(4-3-5-14)11(17)13-7-18-6-9(13)10(15)16/h8-9,14H,3-7H2,1-2H3,(H,15,16)/t9-/m0/s1. The number of rotatable bonds is 5. The summed E-state index contributed by atoms with van der Waals surface area (Å²) in [6.07, 6.45) is 0.503. The Kier molecular flexibility index (Phi) is 5.74. The maximum Gasteiger partial charge on any atom is 0.327 e. The van der Waals surface area contributed by atoms with Crippen LogP contribution in [-0.2, 0) is 4.79 Å². The lowest BCUT2D eigenvalue weighted by Gasteiger charge is -2.32. The third kappa shape index (κ3) is 3.52. The monoisotopic (exact) mass is 276 g/mol. The Balaban J connectivity index is 2.72. The second-order valence-electron chi connectivity index (χ2n) is 4.47. The summed E-state index contributed by atoms with van der Waals surface area (Å²) >= 11 is 1.45. The number of nitrogens with zero attached hydrogens (tertiary/aromatic N) is 2. The summed E-state index contributed by atoms with van der Waals surface area (Å²) in [6.45, 7) is 4.23. The van der Waals surface area contributed by atoms with E-state index in [4.69, 9.17) is 10.2 Å². The van der Waals surface area contributed by atoms with Crippen molar-refractivity contribution in [3.8, 4) is 0 Å². The number of hydrogen-bond donors (Lipinski definition) is 2. The van der Waals surface area contributed by atoms with Gasteiger partial charge in [-0.15, -0.1) is 11.8 Å². The molecular formula is C11H20N2O4S. The topological polar surface area (TPSA) is 81.1 Å². The van der Waals surface area contributed by atoms with Crippen molar-refractivity contribution < 1.29 is 19.8 Å². The highest BCUT2D eigenvalue weighted by atomic mass is 32.2. The lowest BCUT2D eigenvalue weighted by molar-refractivity contribution is -0.141. The van der Waals surface area contributed by atoms with E-state index in [1.807, 2.05) is 13.8 Å². The number of carbonyl (C=O) groups excluding carboxylic acids is 1. The molecule has 0 spiro atoms. The molecule has 0 saturated carbocycles. The van der Waals surface area contributed by atoms with Crippen molar-refractivity contribution in [1.82, 2.24) is 9.80 Å². The van der Waals surface area contributed by atoms with E-state index in [0.29, 0.717) is 24.6 Å². The first-order valence-electron chi connectivity index (χ1n) is 5.97. The molecule has 0 aromatic carbocycles. The fraction of sp³-hybridized carbons (Fsp3) is 0.818. The van der Waals surface area contributed by atoms with Crippen molar-refractivity contribution >= 4 is 23.8 Å². The molecule has 0 aliphatic carbocycles. The Morgan fingerprint density at radius 2 is 2.17 bits per heavy atom. The van der Waals surface area contributed by atoms with Crippen LogP contribution in [0.15, 0.2) is 0 Å². The van der Waals surface area contributed by atoms with Crippen molar-refractivity contribution in [2.24, 2.45) is 0 Å². The highest BCUT2D eigenvalue weighted by Crippen LogP contribution is 2.23. The Morgan fingerprint density at radius 1 is 1.50 bits per heavy atom. The van der Waals surface area contributed by atoms with E-state index in [0.717, 1.165) is 0 Å². The maximum atomic E-state index is 12.3. The molecule has 0 bridgehead atoms. The molecule has 18 heavy (non-hydrogen) atoms. The second-order valence-corrected chi connectivity index (χ2v) is 5.47. The smallest absolute Gasteiger partial charge is 0.327 e. The molecule has 0 unspecified atom stereocenters. The predicted molar refractivity (Wildman–Crippen MR) is 69.5 cm³/mol. The van der Waals surface area contributed by atoms with E-state index >= 15 is 0 Å². The van der Waals surface area contributed by atoms with Crippen LogP contribution in [0.4, 0.5) is 4.79 Å². The minimum absolute atomic E-state index is 0.0101. The van der Waals surface area contributed by atoms with Crippen molar-refractivity contribution in [3.63, 3.8) is 0 Å². The Labute approximate surface area is 111 Å². The molecular weight excluding hydrogens is 256 g/mol. The second kappa shape index (κ2) is 6.84. The van der Waals surface area contributed by atoms with Gasteiger partial charge in [-0.3, -0.25) is 0 Å². The first-order chi connectivity index (χ1) is 8.49. The summed E-state index contributed by atoms with van der Waals surface area (Å²) in [5.74, 6) is -0.107. The summed E-state index contributed by atoms with van der Waals surface area (Å²) in [6, 6.07) is -1.00. The zero-order valence-corrected chi connectivity index (χ0v) is 11.5. The van der Waals surface area contributed by atoms with Gasteiger partial charge in [0.25, 0.3) is 0 Å². The molecule has 104 valence electrons.